The molecule has 0 bridgehead atoms. The number of hydrogen-bond donors (Lipinski definition) is 3. The van der Waals surface area contributed by atoms with E-state index in [0.29, 0.717) is 10.6 Å². The highest BCUT2D eigenvalue weighted by Gasteiger charge is 2.44. The molecule has 0 radical (unpaired) electrons. The summed E-state index contributed by atoms with van der Waals surface area (Å²) in [7, 11) is 0. The minimum atomic E-state index is -1.67. The number of anilines is 1. The summed E-state index contributed by atoms with van der Waals surface area (Å²) < 4.78 is 9.71. The maximum atomic E-state index is 11.2. The number of halogens is 1. The Hall–Kier alpha value is -3.79. The third-order valence-electron chi connectivity index (χ3n) is 3.95. The van der Waals surface area contributed by atoms with E-state index in [0.717, 1.165) is 5.01 Å². The standard InChI is InChI=1S/C18H13ClN2O8/c19-11-5-1-9(2-6-11)13-14(28-17(24)25)15(29-18(26)27)21(20-13)12-7-3-10(4-8-12)16(22)23/h1-8,14-15H,(H,22,23)(H,24,25)(H,26,27). The summed E-state index contributed by atoms with van der Waals surface area (Å²) in [6, 6.07) is 11.6. The van der Waals surface area contributed by atoms with Gasteiger partial charge in [-0.25, -0.2) is 19.4 Å². The van der Waals surface area contributed by atoms with Crippen molar-refractivity contribution in [2.45, 2.75) is 12.3 Å². The zero-order valence-corrected chi connectivity index (χ0v) is 15.2. The number of hydrogen-bond acceptors (Lipinski definition) is 7. The lowest BCUT2D eigenvalue weighted by atomic mass is 10.0. The van der Waals surface area contributed by atoms with E-state index in [4.69, 9.17) is 36.4 Å². The monoisotopic (exact) mass is 420 g/mol. The van der Waals surface area contributed by atoms with Crippen molar-refractivity contribution in [1.82, 2.24) is 0 Å². The molecule has 29 heavy (non-hydrogen) atoms. The van der Waals surface area contributed by atoms with Crippen molar-refractivity contribution in [1.29, 1.82) is 0 Å². The van der Waals surface area contributed by atoms with Gasteiger partial charge in [-0.1, -0.05) is 23.7 Å². The molecule has 10 nitrogen and oxygen atoms in total. The lowest BCUT2D eigenvalue weighted by Gasteiger charge is -2.25. The van der Waals surface area contributed by atoms with Crippen molar-refractivity contribution in [3.63, 3.8) is 0 Å². The third-order valence-corrected chi connectivity index (χ3v) is 4.21. The van der Waals surface area contributed by atoms with Gasteiger partial charge in [0, 0.05) is 10.6 Å². The summed E-state index contributed by atoms with van der Waals surface area (Å²) in [4.78, 5) is 33.4. The molecule has 0 saturated heterocycles. The normalized spacial score (nSPS) is 18.1. The van der Waals surface area contributed by atoms with Gasteiger partial charge in [0.1, 0.15) is 5.71 Å². The zero-order valence-electron chi connectivity index (χ0n) is 14.4. The molecule has 150 valence electrons. The van der Waals surface area contributed by atoms with Gasteiger partial charge in [-0.05, 0) is 36.4 Å². The highest BCUT2D eigenvalue weighted by atomic mass is 35.5. The number of nitrogens with zero attached hydrogens (tertiary/aromatic N) is 2. The van der Waals surface area contributed by atoms with Gasteiger partial charge in [-0.3, -0.25) is 0 Å². The smallest absolute Gasteiger partial charge is 0.478 e. The quantitative estimate of drug-likeness (QED) is 0.619. The Morgan fingerprint density at radius 2 is 1.48 bits per heavy atom. The second-order valence-electron chi connectivity index (χ2n) is 5.77. The SMILES string of the molecule is O=C(O)OC1C(c2ccc(Cl)cc2)=NN(c2ccc(C(=O)O)cc2)C1OC(=O)O. The van der Waals surface area contributed by atoms with Crippen LogP contribution in [0.5, 0.6) is 0 Å². The molecule has 3 N–H and O–H groups in total. The average Bonchev–Trinajstić information content (AvgIpc) is 2.99. The summed E-state index contributed by atoms with van der Waals surface area (Å²) in [5.74, 6) is -1.14. The summed E-state index contributed by atoms with van der Waals surface area (Å²) in [5, 5.41) is 33.1. The van der Waals surface area contributed by atoms with E-state index in [9.17, 15) is 14.4 Å². The van der Waals surface area contributed by atoms with Gasteiger partial charge in [-0.15, -0.1) is 0 Å². The molecular weight excluding hydrogens is 408 g/mol. The van der Waals surface area contributed by atoms with Crippen LogP contribution in [-0.2, 0) is 9.47 Å². The first-order valence-corrected chi connectivity index (χ1v) is 8.40. The highest BCUT2D eigenvalue weighted by molar-refractivity contribution is 6.30. The molecule has 2 unspecified atom stereocenters. The van der Waals surface area contributed by atoms with Gasteiger partial charge in [0.15, 0.2) is 0 Å². The van der Waals surface area contributed by atoms with Gasteiger partial charge in [0.25, 0.3) is 0 Å². The van der Waals surface area contributed by atoms with Gasteiger partial charge >= 0.3 is 18.3 Å². The van der Waals surface area contributed by atoms with Gasteiger partial charge in [-0.2, -0.15) is 5.10 Å². The van der Waals surface area contributed by atoms with Crippen molar-refractivity contribution in [2.75, 3.05) is 5.01 Å². The Kier molecular flexibility index (Phi) is 5.55. The van der Waals surface area contributed by atoms with E-state index in [1.54, 1.807) is 24.3 Å². The first-order chi connectivity index (χ1) is 13.8. The summed E-state index contributed by atoms with van der Waals surface area (Å²) in [6.07, 6.45) is -6.19. The fourth-order valence-electron chi connectivity index (χ4n) is 2.73. The largest absolute Gasteiger partial charge is 0.507 e. The van der Waals surface area contributed by atoms with Crippen LogP contribution in [0.2, 0.25) is 5.02 Å². The third kappa shape index (κ3) is 4.38. The maximum Gasteiger partial charge on any atom is 0.507 e. The minimum absolute atomic E-state index is 0.00360. The second-order valence-corrected chi connectivity index (χ2v) is 6.20. The number of benzene rings is 2. The maximum absolute atomic E-state index is 11.2. The van der Waals surface area contributed by atoms with Gasteiger partial charge in [0.2, 0.25) is 12.3 Å². The van der Waals surface area contributed by atoms with Gasteiger partial charge < -0.3 is 24.8 Å². The van der Waals surface area contributed by atoms with Crippen molar-refractivity contribution in [2.24, 2.45) is 5.10 Å². The molecule has 0 aromatic heterocycles. The van der Waals surface area contributed by atoms with Crippen LogP contribution in [-0.4, -0.2) is 51.6 Å². The van der Waals surface area contributed by atoms with E-state index in [-0.39, 0.29) is 17.0 Å². The van der Waals surface area contributed by atoms with E-state index in [1.807, 2.05) is 0 Å². The number of aromatic carboxylic acids is 1. The molecule has 0 saturated carbocycles. The number of hydrazone groups is 1. The lowest BCUT2D eigenvalue weighted by molar-refractivity contribution is -0.00980. The van der Waals surface area contributed by atoms with Crippen LogP contribution in [0, 0.1) is 0 Å². The van der Waals surface area contributed by atoms with E-state index in [1.165, 1.54) is 24.3 Å². The zero-order chi connectivity index (χ0) is 21.1. The van der Waals surface area contributed by atoms with E-state index >= 15 is 0 Å². The van der Waals surface area contributed by atoms with Crippen LogP contribution < -0.4 is 5.01 Å². The van der Waals surface area contributed by atoms with Crippen LogP contribution >= 0.6 is 11.6 Å². The first-order valence-electron chi connectivity index (χ1n) is 8.02. The molecule has 0 spiro atoms. The Morgan fingerprint density at radius 3 is 2.00 bits per heavy atom. The van der Waals surface area contributed by atoms with Crippen LogP contribution in [0.15, 0.2) is 53.6 Å². The highest BCUT2D eigenvalue weighted by Crippen LogP contribution is 2.30. The number of carboxylic acid groups (broad SMARTS) is 3. The molecule has 2 atom stereocenters. The number of ether oxygens (including phenoxy) is 2. The molecule has 2 aromatic carbocycles. The fourth-order valence-corrected chi connectivity index (χ4v) is 2.86. The van der Waals surface area contributed by atoms with Crippen LogP contribution in [0.25, 0.3) is 0 Å². The second kappa shape index (κ2) is 8.07. The Morgan fingerprint density at radius 1 is 0.897 bits per heavy atom. The topological polar surface area (TPSA) is 146 Å². The van der Waals surface area contributed by atoms with Crippen molar-refractivity contribution in [3.8, 4) is 0 Å². The van der Waals surface area contributed by atoms with E-state index < -0.39 is 30.6 Å². The van der Waals surface area contributed by atoms with Crippen molar-refractivity contribution < 1.29 is 39.2 Å². The molecule has 1 aliphatic heterocycles. The molecule has 0 aliphatic carbocycles. The van der Waals surface area contributed by atoms with Crippen molar-refractivity contribution >= 4 is 41.3 Å². The van der Waals surface area contributed by atoms with Crippen LogP contribution in [0.4, 0.5) is 15.3 Å². The van der Waals surface area contributed by atoms with Crippen molar-refractivity contribution in [3.05, 3.63) is 64.7 Å². The average molecular weight is 421 g/mol. The Labute approximate surface area is 168 Å². The molecule has 11 heteroatoms. The molecule has 2 aromatic rings. The Bertz CT molecular complexity index is 974. The number of carboxylic acids is 1. The van der Waals surface area contributed by atoms with Crippen LogP contribution in [0.3, 0.4) is 0 Å². The number of rotatable bonds is 5. The van der Waals surface area contributed by atoms with E-state index in [2.05, 4.69) is 5.10 Å². The molecule has 1 aliphatic rings. The Balaban J connectivity index is 2.07. The molecule has 0 amide bonds. The van der Waals surface area contributed by atoms with Gasteiger partial charge in [0.05, 0.1) is 11.3 Å². The molecule has 0 fully saturated rings. The minimum Gasteiger partial charge on any atom is -0.478 e. The summed E-state index contributed by atoms with van der Waals surface area (Å²) >= 11 is 5.88. The number of carbonyl (C=O) groups is 3. The predicted molar refractivity (Wildman–Crippen MR) is 99.7 cm³/mol. The molecular formula is C18H13ClN2O8. The fraction of sp³-hybridized carbons (Fsp3) is 0.111. The summed E-state index contributed by atoms with van der Waals surface area (Å²) in [6.45, 7) is 0. The molecule has 3 rings (SSSR count). The molecule has 1 heterocycles. The summed E-state index contributed by atoms with van der Waals surface area (Å²) in [5.41, 5.74) is 0.801. The van der Waals surface area contributed by atoms with Crippen LogP contribution in [0.1, 0.15) is 15.9 Å². The predicted octanol–water partition coefficient (Wildman–Crippen LogP) is 3.35. The first kappa shape index (κ1) is 20.0. The lowest BCUT2D eigenvalue weighted by Crippen LogP contribution is -2.43.